The molecule has 0 spiro atoms. The van der Waals surface area contributed by atoms with Crippen LogP contribution in [0.3, 0.4) is 0 Å². The van der Waals surface area contributed by atoms with Crippen molar-refractivity contribution in [1.29, 1.82) is 0 Å². The standard InChI is InChI=1S/C21H20N2O6/c1-27-16-8-5-9-17(28-2)18(16)19(24)22-14-10-29-11-15(14)23-20(25)12-6-3-4-7-13(12)21(23)26/h3-9,14-15H,10-11H2,1-2H3,(H,22,24). The Morgan fingerprint density at radius 3 is 2.10 bits per heavy atom. The first-order valence-electron chi connectivity index (χ1n) is 9.13. The van der Waals surface area contributed by atoms with Gasteiger partial charge in [0.2, 0.25) is 0 Å². The van der Waals surface area contributed by atoms with Gasteiger partial charge in [0.05, 0.1) is 50.6 Å². The average Bonchev–Trinajstić information content (AvgIpc) is 3.29. The van der Waals surface area contributed by atoms with Gasteiger partial charge in [0.15, 0.2) is 0 Å². The Morgan fingerprint density at radius 1 is 0.966 bits per heavy atom. The molecule has 29 heavy (non-hydrogen) atoms. The Hall–Kier alpha value is -3.39. The molecule has 0 aliphatic carbocycles. The highest BCUT2D eigenvalue weighted by atomic mass is 16.5. The molecule has 2 aliphatic rings. The minimum Gasteiger partial charge on any atom is -0.496 e. The van der Waals surface area contributed by atoms with Gasteiger partial charge in [-0.3, -0.25) is 19.3 Å². The van der Waals surface area contributed by atoms with Crippen LogP contribution < -0.4 is 14.8 Å². The first-order valence-corrected chi connectivity index (χ1v) is 9.13. The van der Waals surface area contributed by atoms with Crippen molar-refractivity contribution in [2.24, 2.45) is 0 Å². The number of nitrogens with one attached hydrogen (secondary N) is 1. The zero-order valence-corrected chi connectivity index (χ0v) is 16.0. The van der Waals surface area contributed by atoms with Crippen molar-refractivity contribution in [3.63, 3.8) is 0 Å². The van der Waals surface area contributed by atoms with E-state index in [9.17, 15) is 14.4 Å². The fourth-order valence-electron chi connectivity index (χ4n) is 3.76. The Labute approximate surface area is 167 Å². The normalized spacial score (nSPS) is 20.6. The van der Waals surface area contributed by atoms with E-state index in [4.69, 9.17) is 14.2 Å². The molecule has 0 bridgehead atoms. The van der Waals surface area contributed by atoms with Gasteiger partial charge < -0.3 is 19.5 Å². The van der Waals surface area contributed by atoms with Crippen molar-refractivity contribution < 1.29 is 28.6 Å². The average molecular weight is 396 g/mol. The maximum Gasteiger partial charge on any atom is 0.261 e. The lowest BCUT2D eigenvalue weighted by Crippen LogP contribution is -2.53. The van der Waals surface area contributed by atoms with Gasteiger partial charge in [-0.05, 0) is 24.3 Å². The molecule has 0 aromatic heterocycles. The van der Waals surface area contributed by atoms with E-state index in [1.54, 1.807) is 42.5 Å². The third-order valence-corrected chi connectivity index (χ3v) is 5.18. The molecule has 150 valence electrons. The summed E-state index contributed by atoms with van der Waals surface area (Å²) in [5.74, 6) is -0.474. The lowest BCUT2D eigenvalue weighted by molar-refractivity contribution is 0.0546. The summed E-state index contributed by atoms with van der Waals surface area (Å²) in [5.41, 5.74) is 0.965. The summed E-state index contributed by atoms with van der Waals surface area (Å²) in [5, 5.41) is 2.87. The summed E-state index contributed by atoms with van der Waals surface area (Å²) < 4.78 is 16.1. The van der Waals surface area contributed by atoms with Crippen molar-refractivity contribution in [2.75, 3.05) is 27.4 Å². The number of rotatable bonds is 5. The van der Waals surface area contributed by atoms with E-state index in [0.29, 0.717) is 22.6 Å². The van der Waals surface area contributed by atoms with Gasteiger partial charge in [0.1, 0.15) is 17.1 Å². The van der Waals surface area contributed by atoms with Gasteiger partial charge in [0, 0.05) is 0 Å². The second-order valence-electron chi connectivity index (χ2n) is 6.75. The molecule has 0 radical (unpaired) electrons. The molecular weight excluding hydrogens is 376 g/mol. The van der Waals surface area contributed by atoms with Crippen LogP contribution in [0.4, 0.5) is 0 Å². The minimum atomic E-state index is -0.605. The van der Waals surface area contributed by atoms with Crippen LogP contribution in [0, 0.1) is 0 Å². The molecule has 1 N–H and O–H groups in total. The molecule has 1 saturated heterocycles. The largest absolute Gasteiger partial charge is 0.496 e. The molecule has 2 atom stereocenters. The maximum atomic E-state index is 13.0. The number of benzene rings is 2. The number of nitrogens with zero attached hydrogens (tertiary/aromatic N) is 1. The van der Waals surface area contributed by atoms with E-state index in [0.717, 1.165) is 0 Å². The third kappa shape index (κ3) is 3.11. The summed E-state index contributed by atoms with van der Waals surface area (Å²) in [6.45, 7) is 0.334. The van der Waals surface area contributed by atoms with E-state index in [-0.39, 0.29) is 30.6 Å². The molecule has 3 amide bonds. The first-order chi connectivity index (χ1) is 14.1. The number of ether oxygens (including phenoxy) is 3. The van der Waals surface area contributed by atoms with Crippen LogP contribution in [-0.2, 0) is 4.74 Å². The Bertz CT molecular complexity index is 932. The molecule has 2 aromatic carbocycles. The van der Waals surface area contributed by atoms with E-state index in [1.807, 2.05) is 0 Å². The van der Waals surface area contributed by atoms with Crippen LogP contribution >= 0.6 is 0 Å². The van der Waals surface area contributed by atoms with Gasteiger partial charge in [-0.25, -0.2) is 0 Å². The second kappa shape index (κ2) is 7.56. The van der Waals surface area contributed by atoms with Gasteiger partial charge in [-0.15, -0.1) is 0 Å². The van der Waals surface area contributed by atoms with Crippen molar-refractivity contribution in [3.05, 3.63) is 59.2 Å². The highest BCUT2D eigenvalue weighted by Crippen LogP contribution is 2.30. The van der Waals surface area contributed by atoms with E-state index in [2.05, 4.69) is 5.32 Å². The zero-order valence-electron chi connectivity index (χ0n) is 16.0. The fourth-order valence-corrected chi connectivity index (χ4v) is 3.76. The number of amides is 3. The molecule has 8 nitrogen and oxygen atoms in total. The molecular formula is C21H20N2O6. The lowest BCUT2D eigenvalue weighted by Gasteiger charge is -2.27. The Balaban J connectivity index is 1.59. The summed E-state index contributed by atoms with van der Waals surface area (Å²) >= 11 is 0. The summed E-state index contributed by atoms with van der Waals surface area (Å²) in [4.78, 5) is 39.8. The molecule has 2 unspecified atom stereocenters. The molecule has 2 heterocycles. The predicted molar refractivity (Wildman–Crippen MR) is 102 cm³/mol. The third-order valence-electron chi connectivity index (χ3n) is 5.18. The zero-order chi connectivity index (χ0) is 20.5. The number of hydrogen-bond donors (Lipinski definition) is 1. The van der Waals surface area contributed by atoms with Gasteiger partial charge in [-0.1, -0.05) is 18.2 Å². The van der Waals surface area contributed by atoms with Crippen LogP contribution in [0.2, 0.25) is 0 Å². The number of carbonyl (C=O) groups excluding carboxylic acids is 3. The van der Waals surface area contributed by atoms with Crippen LogP contribution in [0.15, 0.2) is 42.5 Å². The number of imide groups is 1. The number of methoxy groups -OCH3 is 2. The molecule has 2 aliphatic heterocycles. The minimum absolute atomic E-state index is 0.152. The number of carbonyl (C=O) groups is 3. The van der Waals surface area contributed by atoms with Crippen LogP contribution in [-0.4, -0.2) is 62.1 Å². The smallest absolute Gasteiger partial charge is 0.261 e. The SMILES string of the molecule is COc1cccc(OC)c1C(=O)NC1COCC1N1C(=O)c2ccccc2C1=O. The van der Waals surface area contributed by atoms with Gasteiger partial charge >= 0.3 is 0 Å². The number of fused-ring (bicyclic) bond motifs is 1. The highest BCUT2D eigenvalue weighted by molar-refractivity contribution is 6.21. The first kappa shape index (κ1) is 18.9. The topological polar surface area (TPSA) is 94.2 Å². The quantitative estimate of drug-likeness (QED) is 0.770. The van der Waals surface area contributed by atoms with E-state index >= 15 is 0 Å². The van der Waals surface area contributed by atoms with Crippen molar-refractivity contribution in [2.45, 2.75) is 12.1 Å². The van der Waals surface area contributed by atoms with E-state index < -0.39 is 18.0 Å². The summed E-state index contributed by atoms with van der Waals surface area (Å²) in [7, 11) is 2.93. The molecule has 1 fully saturated rings. The molecule has 4 rings (SSSR count). The summed E-state index contributed by atoms with van der Waals surface area (Å²) in [6.07, 6.45) is 0. The predicted octanol–water partition coefficient (Wildman–Crippen LogP) is 1.50. The molecule has 8 heteroatoms. The van der Waals surface area contributed by atoms with Crippen molar-refractivity contribution in [1.82, 2.24) is 10.2 Å². The van der Waals surface area contributed by atoms with Crippen LogP contribution in [0.25, 0.3) is 0 Å². The van der Waals surface area contributed by atoms with Crippen LogP contribution in [0.1, 0.15) is 31.1 Å². The van der Waals surface area contributed by atoms with Crippen molar-refractivity contribution >= 4 is 17.7 Å². The number of hydrogen-bond acceptors (Lipinski definition) is 6. The molecule has 0 saturated carbocycles. The highest BCUT2D eigenvalue weighted by Gasteiger charge is 2.45. The monoisotopic (exact) mass is 396 g/mol. The van der Waals surface area contributed by atoms with Crippen LogP contribution in [0.5, 0.6) is 11.5 Å². The summed E-state index contributed by atoms with van der Waals surface area (Å²) in [6, 6.07) is 10.5. The van der Waals surface area contributed by atoms with Crippen molar-refractivity contribution in [3.8, 4) is 11.5 Å². The lowest BCUT2D eigenvalue weighted by atomic mass is 10.1. The molecule has 2 aromatic rings. The maximum absolute atomic E-state index is 13.0. The Morgan fingerprint density at radius 2 is 1.55 bits per heavy atom. The fraction of sp³-hybridized carbons (Fsp3) is 0.286. The van der Waals surface area contributed by atoms with E-state index in [1.165, 1.54) is 19.1 Å². The second-order valence-corrected chi connectivity index (χ2v) is 6.75. The van der Waals surface area contributed by atoms with Gasteiger partial charge in [0.25, 0.3) is 17.7 Å². The van der Waals surface area contributed by atoms with Gasteiger partial charge in [-0.2, -0.15) is 0 Å². The Kier molecular flexibility index (Phi) is 4.94.